The molecule has 1 aromatic carbocycles. The number of nitrogens with zero attached hydrogens (tertiary/aromatic N) is 4. The number of anilines is 2. The topological polar surface area (TPSA) is 78.4 Å². The van der Waals surface area contributed by atoms with E-state index >= 15 is 0 Å². The van der Waals surface area contributed by atoms with Gasteiger partial charge in [-0.1, -0.05) is 11.6 Å². The van der Waals surface area contributed by atoms with Gasteiger partial charge in [0.15, 0.2) is 0 Å². The number of alkyl halides is 6. The van der Waals surface area contributed by atoms with Crippen molar-refractivity contribution in [3.05, 3.63) is 56.5 Å². The predicted octanol–water partition coefficient (Wildman–Crippen LogP) is 6.09. The number of aromatic nitrogens is 2. The SMILES string of the molecule is CCN1CCc2sc(-c3nc(Nc4cc5c(cc4Cl)CN(C(=O)C(F)(F)F)CC5)ncc3C(F)(F)F)cc2C1=O. The van der Waals surface area contributed by atoms with E-state index in [9.17, 15) is 35.9 Å². The number of carbonyl (C=O) groups excluding carboxylic acids is 2. The Morgan fingerprint density at radius 3 is 2.52 bits per heavy atom. The molecule has 2 aromatic heterocycles. The lowest BCUT2D eigenvalue weighted by Gasteiger charge is -2.30. The lowest BCUT2D eigenvalue weighted by molar-refractivity contribution is -0.186. The first-order valence-electron chi connectivity index (χ1n) is 12.1. The molecule has 0 aliphatic carbocycles. The summed E-state index contributed by atoms with van der Waals surface area (Å²) in [5, 5.41) is 2.86. The van der Waals surface area contributed by atoms with Crippen molar-refractivity contribution in [3.8, 4) is 10.6 Å². The summed E-state index contributed by atoms with van der Waals surface area (Å²) in [5.41, 5.74) is 0.169. The molecule has 3 aromatic rings. The lowest BCUT2D eigenvalue weighted by atomic mass is 9.99. The maximum absolute atomic E-state index is 13.9. The van der Waals surface area contributed by atoms with E-state index in [-0.39, 0.29) is 47.0 Å². The number of amides is 2. The summed E-state index contributed by atoms with van der Waals surface area (Å²) in [7, 11) is 0. The number of benzene rings is 1. The smallest absolute Gasteiger partial charge is 0.339 e. The molecule has 0 spiro atoms. The number of hydrogen-bond acceptors (Lipinski definition) is 6. The first-order chi connectivity index (χ1) is 18.8. The highest BCUT2D eigenvalue weighted by Gasteiger charge is 2.43. The minimum absolute atomic E-state index is 0.0574. The summed E-state index contributed by atoms with van der Waals surface area (Å²) < 4.78 is 80.2. The average molecular weight is 604 g/mol. The number of carbonyl (C=O) groups is 2. The summed E-state index contributed by atoms with van der Waals surface area (Å²) in [6.07, 6.45) is -8.47. The molecule has 0 atom stereocenters. The number of rotatable bonds is 4. The van der Waals surface area contributed by atoms with Crippen LogP contribution in [0.3, 0.4) is 0 Å². The van der Waals surface area contributed by atoms with Crippen molar-refractivity contribution in [3.63, 3.8) is 0 Å². The Bertz CT molecular complexity index is 1510. The molecule has 0 radical (unpaired) electrons. The van der Waals surface area contributed by atoms with E-state index in [1.807, 2.05) is 6.92 Å². The first-order valence-corrected chi connectivity index (χ1v) is 13.3. The van der Waals surface area contributed by atoms with Gasteiger partial charge in [-0.25, -0.2) is 9.97 Å². The number of hydrogen-bond donors (Lipinski definition) is 1. The van der Waals surface area contributed by atoms with Gasteiger partial charge in [0.1, 0.15) is 5.56 Å². The van der Waals surface area contributed by atoms with Crippen LogP contribution in [0.25, 0.3) is 10.6 Å². The number of likely N-dealkylation sites (N-methyl/N-ethyl adjacent to an activating group) is 1. The van der Waals surface area contributed by atoms with E-state index < -0.39 is 29.5 Å². The zero-order valence-electron chi connectivity index (χ0n) is 20.7. The van der Waals surface area contributed by atoms with Gasteiger partial charge in [0.05, 0.1) is 26.8 Å². The Morgan fingerprint density at radius 1 is 1.10 bits per heavy atom. The second-order valence-corrected chi connectivity index (χ2v) is 10.8. The zero-order chi connectivity index (χ0) is 29.0. The number of fused-ring (bicyclic) bond motifs is 2. The minimum atomic E-state index is -5.00. The number of nitrogens with one attached hydrogen (secondary N) is 1. The normalized spacial score (nSPS) is 15.7. The van der Waals surface area contributed by atoms with E-state index in [0.717, 1.165) is 11.3 Å². The second kappa shape index (κ2) is 10.2. The van der Waals surface area contributed by atoms with Crippen LogP contribution in [0.5, 0.6) is 0 Å². The Morgan fingerprint density at radius 2 is 1.85 bits per heavy atom. The summed E-state index contributed by atoms with van der Waals surface area (Å²) in [5.74, 6) is -2.38. The van der Waals surface area contributed by atoms with Crippen LogP contribution in [0.15, 0.2) is 24.4 Å². The highest BCUT2D eigenvalue weighted by Crippen LogP contribution is 2.41. The fourth-order valence-electron chi connectivity index (χ4n) is 4.71. The van der Waals surface area contributed by atoms with Gasteiger partial charge < -0.3 is 15.1 Å². The summed E-state index contributed by atoms with van der Waals surface area (Å²) in [4.78, 5) is 35.4. The average Bonchev–Trinajstić information content (AvgIpc) is 3.33. The molecule has 0 saturated heterocycles. The van der Waals surface area contributed by atoms with Crippen LogP contribution in [-0.2, 0) is 30.4 Å². The van der Waals surface area contributed by atoms with E-state index in [4.69, 9.17) is 11.6 Å². The molecule has 2 aliphatic rings. The molecule has 0 saturated carbocycles. The van der Waals surface area contributed by atoms with Gasteiger partial charge in [0, 0.05) is 43.7 Å². The predicted molar refractivity (Wildman–Crippen MR) is 136 cm³/mol. The Hall–Kier alpha value is -3.39. The maximum atomic E-state index is 13.9. The van der Waals surface area contributed by atoms with Gasteiger partial charge in [-0.3, -0.25) is 9.59 Å². The largest absolute Gasteiger partial charge is 0.471 e. The van der Waals surface area contributed by atoms with Gasteiger partial charge in [-0.15, -0.1) is 11.3 Å². The van der Waals surface area contributed by atoms with Crippen LogP contribution in [0, 0.1) is 0 Å². The monoisotopic (exact) mass is 603 g/mol. The molecule has 40 heavy (non-hydrogen) atoms. The van der Waals surface area contributed by atoms with E-state index in [1.54, 1.807) is 11.0 Å². The van der Waals surface area contributed by atoms with Crippen LogP contribution < -0.4 is 5.32 Å². The molecule has 1 N–H and O–H groups in total. The molecular weight excluding hydrogens is 584 g/mol. The van der Waals surface area contributed by atoms with Crippen molar-refractivity contribution in [1.82, 2.24) is 19.8 Å². The Balaban J connectivity index is 1.46. The molecule has 0 bridgehead atoms. The van der Waals surface area contributed by atoms with Gasteiger partial charge >= 0.3 is 18.3 Å². The fraction of sp³-hybridized carbons (Fsp3) is 0.360. The molecule has 2 amide bonds. The number of thiophene rings is 1. The Kier molecular flexibility index (Phi) is 7.19. The lowest BCUT2D eigenvalue weighted by Crippen LogP contribution is -2.43. The maximum Gasteiger partial charge on any atom is 0.471 e. The third-order valence-corrected chi connectivity index (χ3v) is 8.24. The molecule has 0 unspecified atom stereocenters. The van der Waals surface area contributed by atoms with Gasteiger partial charge in [-0.2, -0.15) is 26.3 Å². The number of halogens is 7. The summed E-state index contributed by atoms with van der Waals surface area (Å²) >= 11 is 7.41. The van der Waals surface area contributed by atoms with Crippen molar-refractivity contribution in [2.24, 2.45) is 0 Å². The molecule has 15 heteroatoms. The van der Waals surface area contributed by atoms with Gasteiger partial charge in [0.25, 0.3) is 5.91 Å². The van der Waals surface area contributed by atoms with Crippen LogP contribution in [-0.4, -0.2) is 57.4 Å². The van der Waals surface area contributed by atoms with Crippen LogP contribution in [0.2, 0.25) is 5.02 Å². The van der Waals surface area contributed by atoms with Crippen LogP contribution >= 0.6 is 22.9 Å². The van der Waals surface area contributed by atoms with Crippen molar-refractivity contribution in [2.45, 2.75) is 38.7 Å². The van der Waals surface area contributed by atoms with Crippen molar-refractivity contribution >= 4 is 46.4 Å². The van der Waals surface area contributed by atoms with E-state index in [2.05, 4.69) is 15.3 Å². The van der Waals surface area contributed by atoms with Gasteiger partial charge in [0.2, 0.25) is 5.95 Å². The molecule has 4 heterocycles. The Labute approximate surface area is 232 Å². The van der Waals surface area contributed by atoms with Crippen molar-refractivity contribution in [2.75, 3.05) is 25.0 Å². The van der Waals surface area contributed by atoms with Crippen LogP contribution in [0.4, 0.5) is 38.0 Å². The third-order valence-electron chi connectivity index (χ3n) is 6.72. The minimum Gasteiger partial charge on any atom is -0.339 e. The molecule has 7 nitrogen and oxygen atoms in total. The molecular formula is C25H20ClF6N5O2S. The molecule has 212 valence electrons. The molecule has 5 rings (SSSR count). The van der Waals surface area contributed by atoms with Gasteiger partial charge in [-0.05, 0) is 42.7 Å². The van der Waals surface area contributed by atoms with Crippen LogP contribution in [0.1, 0.15) is 38.8 Å². The third kappa shape index (κ3) is 5.33. The zero-order valence-corrected chi connectivity index (χ0v) is 22.3. The highest BCUT2D eigenvalue weighted by molar-refractivity contribution is 7.15. The summed E-state index contributed by atoms with van der Waals surface area (Å²) in [6, 6.07) is 4.37. The highest BCUT2D eigenvalue weighted by atomic mass is 35.5. The first kappa shape index (κ1) is 28.1. The standard InChI is InChI=1S/C25H20ClF6N5O2S/c1-2-36-6-4-18-14(21(36)38)9-19(40-18)20-15(24(27,28)29)10-33-23(35-20)34-17-8-12-3-5-37(22(39)25(30,31)32)11-13(12)7-16(17)26/h7-10H,2-6,11H2,1H3,(H,33,34,35). The summed E-state index contributed by atoms with van der Waals surface area (Å²) in [6.45, 7) is 2.33. The second-order valence-electron chi connectivity index (χ2n) is 9.24. The molecule has 0 fully saturated rings. The van der Waals surface area contributed by atoms with Crippen molar-refractivity contribution in [1.29, 1.82) is 0 Å². The van der Waals surface area contributed by atoms with Crippen molar-refractivity contribution < 1.29 is 35.9 Å². The van der Waals surface area contributed by atoms with E-state index in [1.165, 1.54) is 12.1 Å². The van der Waals surface area contributed by atoms with E-state index in [0.29, 0.717) is 52.2 Å². The fourth-order valence-corrected chi connectivity index (χ4v) is 6.09. The quantitative estimate of drug-likeness (QED) is 0.366. The molecule has 2 aliphatic heterocycles.